The van der Waals surface area contributed by atoms with Crippen LogP contribution in [0.3, 0.4) is 0 Å². The van der Waals surface area contributed by atoms with Crippen LogP contribution in [0.15, 0.2) is 120 Å². The van der Waals surface area contributed by atoms with Crippen molar-refractivity contribution in [1.82, 2.24) is 4.90 Å². The van der Waals surface area contributed by atoms with E-state index in [1.807, 2.05) is 0 Å². The fourth-order valence-electron chi connectivity index (χ4n) is 13.0. The van der Waals surface area contributed by atoms with Crippen LogP contribution in [0, 0.1) is 58.7 Å². The molecule has 2 heteroatoms. The molecule has 232 valence electrons. The molecule has 12 unspecified atom stereocenters. The summed E-state index contributed by atoms with van der Waals surface area (Å²) < 4.78 is 6.64. The van der Waals surface area contributed by atoms with Gasteiger partial charge in [-0.2, -0.15) is 0 Å². The second-order valence-corrected chi connectivity index (χ2v) is 15.8. The molecule has 1 heterocycles. The molecule has 1 spiro atoms. The van der Waals surface area contributed by atoms with Gasteiger partial charge in [0.15, 0.2) is 0 Å². The van der Waals surface area contributed by atoms with Crippen LogP contribution in [0.2, 0.25) is 0 Å². The molecule has 1 aliphatic heterocycles. The second-order valence-electron chi connectivity index (χ2n) is 15.8. The van der Waals surface area contributed by atoms with Gasteiger partial charge in [-0.1, -0.05) is 72.9 Å². The lowest BCUT2D eigenvalue weighted by atomic mass is 9.55. The Morgan fingerprint density at radius 3 is 2.33 bits per heavy atom. The molecule has 0 N–H and O–H groups in total. The molecule has 12 atom stereocenters. The summed E-state index contributed by atoms with van der Waals surface area (Å²) in [5.41, 5.74) is 4.84. The molecule has 0 amide bonds. The maximum absolute atomic E-state index is 6.64. The minimum absolute atomic E-state index is 0.214. The third-order valence-corrected chi connectivity index (χ3v) is 14.3. The van der Waals surface area contributed by atoms with Crippen LogP contribution in [0.1, 0.15) is 70.6 Å². The number of allylic oxidation sites excluding steroid dienone is 14. The SMILES string of the molecule is C1=CC(N(C2=CC3C(C=C2)C2C=CCCC2C32C3CCC=CC3C3CC=CCC32)C2CC=CC3=C2C2CCC=CC2O3)=CCC1. The Balaban J connectivity index is 1.12. The van der Waals surface area contributed by atoms with E-state index >= 15 is 0 Å². The molecular weight excluding hydrogens is 546 g/mol. The Kier molecular flexibility index (Phi) is 6.34. The van der Waals surface area contributed by atoms with Gasteiger partial charge in [-0.25, -0.2) is 0 Å². The van der Waals surface area contributed by atoms with E-state index in [-0.39, 0.29) is 6.10 Å². The van der Waals surface area contributed by atoms with Gasteiger partial charge in [-0.15, -0.1) is 0 Å². The van der Waals surface area contributed by atoms with E-state index in [9.17, 15) is 0 Å². The minimum atomic E-state index is 0.214. The zero-order chi connectivity index (χ0) is 29.5. The summed E-state index contributed by atoms with van der Waals surface area (Å²) >= 11 is 0. The molecule has 45 heavy (non-hydrogen) atoms. The van der Waals surface area contributed by atoms with E-state index in [0.717, 1.165) is 54.6 Å². The molecule has 2 fully saturated rings. The van der Waals surface area contributed by atoms with Gasteiger partial charge in [0.2, 0.25) is 0 Å². The lowest BCUT2D eigenvalue weighted by Gasteiger charge is -2.50. The van der Waals surface area contributed by atoms with Crippen molar-refractivity contribution in [2.75, 3.05) is 0 Å². The van der Waals surface area contributed by atoms with E-state index < -0.39 is 0 Å². The van der Waals surface area contributed by atoms with E-state index in [1.165, 1.54) is 62.8 Å². The standard InChI is InChI=1S/C43H49NO/c1-2-13-28(14-3-1)44(39-22-12-24-41-42(39)34-18-7-11-23-40(34)45-41)29-25-26-33-32-17-6-10-21-37(32)43(38(33)27-29)35-19-8-4-15-30(35)31-16-5-9-20-36(31)43/h2,4-6,8,11-14,16-17,23-27,30-40H,1,3,7,9-10,15,18-22H2. The maximum atomic E-state index is 6.64. The average molecular weight is 596 g/mol. The van der Waals surface area contributed by atoms with Gasteiger partial charge in [-0.3, -0.25) is 0 Å². The number of hydrogen-bond donors (Lipinski definition) is 0. The fraction of sp³-hybridized carbons (Fsp3) is 0.535. The Hall–Kier alpha value is -3.00. The van der Waals surface area contributed by atoms with Gasteiger partial charge in [0.05, 0.1) is 6.04 Å². The number of hydrogen-bond acceptors (Lipinski definition) is 2. The molecule has 0 aromatic rings. The molecule has 0 bridgehead atoms. The smallest absolute Gasteiger partial charge is 0.124 e. The quantitative estimate of drug-likeness (QED) is 0.301. The highest BCUT2D eigenvalue weighted by Crippen LogP contribution is 2.75. The van der Waals surface area contributed by atoms with Crippen LogP contribution in [0.4, 0.5) is 0 Å². The summed E-state index contributed by atoms with van der Waals surface area (Å²) in [5.74, 6) is 7.64. The van der Waals surface area contributed by atoms with Crippen molar-refractivity contribution in [2.24, 2.45) is 58.7 Å². The van der Waals surface area contributed by atoms with Crippen LogP contribution in [-0.4, -0.2) is 17.0 Å². The number of fused-ring (bicyclic) bond motifs is 12. The predicted octanol–water partition coefficient (Wildman–Crippen LogP) is 9.92. The lowest BCUT2D eigenvalue weighted by Crippen LogP contribution is -2.45. The Labute approximate surface area is 270 Å². The third kappa shape index (κ3) is 3.81. The molecule has 0 radical (unpaired) electrons. The fourth-order valence-corrected chi connectivity index (χ4v) is 13.0. The Bertz CT molecular complexity index is 1550. The van der Waals surface area contributed by atoms with Gasteiger partial charge in [0.1, 0.15) is 11.9 Å². The van der Waals surface area contributed by atoms with E-state index in [2.05, 4.69) is 102 Å². The summed E-state index contributed by atoms with van der Waals surface area (Å²) in [6, 6.07) is 0.326. The topological polar surface area (TPSA) is 12.5 Å². The molecule has 0 aromatic heterocycles. The second kappa shape index (κ2) is 10.5. The first-order valence-corrected chi connectivity index (χ1v) is 18.6. The Morgan fingerprint density at radius 2 is 1.44 bits per heavy atom. The highest BCUT2D eigenvalue weighted by molar-refractivity contribution is 5.45. The summed E-state index contributed by atoms with van der Waals surface area (Å²) in [5, 5.41) is 0. The minimum Gasteiger partial charge on any atom is -0.486 e. The van der Waals surface area contributed by atoms with Crippen molar-refractivity contribution in [3.8, 4) is 0 Å². The molecule has 0 aromatic carbocycles. The van der Waals surface area contributed by atoms with Crippen molar-refractivity contribution in [3.63, 3.8) is 0 Å². The highest BCUT2D eigenvalue weighted by atomic mass is 16.5. The van der Waals surface area contributed by atoms with Crippen molar-refractivity contribution in [2.45, 2.75) is 82.8 Å². The zero-order valence-electron chi connectivity index (χ0n) is 26.7. The molecular formula is C43H49NO. The van der Waals surface area contributed by atoms with Crippen LogP contribution < -0.4 is 0 Å². The van der Waals surface area contributed by atoms with Crippen molar-refractivity contribution in [1.29, 1.82) is 0 Å². The molecule has 2 nitrogen and oxygen atoms in total. The van der Waals surface area contributed by atoms with Crippen LogP contribution in [0.5, 0.6) is 0 Å². The third-order valence-electron chi connectivity index (χ3n) is 14.3. The first-order chi connectivity index (χ1) is 22.3. The van der Waals surface area contributed by atoms with E-state index in [1.54, 1.807) is 5.57 Å². The van der Waals surface area contributed by atoms with Gasteiger partial charge >= 0.3 is 0 Å². The van der Waals surface area contributed by atoms with Crippen LogP contribution in [-0.2, 0) is 4.74 Å². The molecule has 10 aliphatic rings. The van der Waals surface area contributed by atoms with E-state index in [0.29, 0.717) is 35.1 Å². The lowest BCUT2D eigenvalue weighted by molar-refractivity contribution is 0.0111. The maximum Gasteiger partial charge on any atom is 0.124 e. The van der Waals surface area contributed by atoms with Crippen LogP contribution >= 0.6 is 0 Å². The Morgan fingerprint density at radius 1 is 0.622 bits per heavy atom. The first kappa shape index (κ1) is 27.1. The van der Waals surface area contributed by atoms with Gasteiger partial charge in [-0.05, 0) is 148 Å². The normalized spacial score (nSPS) is 46.2. The number of nitrogens with zero attached hydrogens (tertiary/aromatic N) is 1. The molecule has 9 aliphatic carbocycles. The average Bonchev–Trinajstić information content (AvgIpc) is 3.73. The first-order valence-electron chi connectivity index (χ1n) is 18.6. The van der Waals surface area contributed by atoms with Crippen molar-refractivity contribution < 1.29 is 4.74 Å². The van der Waals surface area contributed by atoms with Gasteiger partial charge in [0, 0.05) is 22.9 Å². The van der Waals surface area contributed by atoms with Crippen molar-refractivity contribution >= 4 is 0 Å². The monoisotopic (exact) mass is 595 g/mol. The molecule has 10 rings (SSSR count). The molecule has 0 saturated heterocycles. The van der Waals surface area contributed by atoms with Crippen LogP contribution in [0.25, 0.3) is 0 Å². The zero-order valence-corrected chi connectivity index (χ0v) is 26.7. The number of rotatable bonds is 3. The summed E-state index contributed by atoms with van der Waals surface area (Å²) in [4.78, 5) is 2.79. The van der Waals surface area contributed by atoms with Gasteiger partial charge in [0.25, 0.3) is 0 Å². The predicted molar refractivity (Wildman–Crippen MR) is 182 cm³/mol. The summed E-state index contributed by atoms with van der Waals surface area (Å²) in [6.45, 7) is 0. The molecule has 2 saturated carbocycles. The largest absolute Gasteiger partial charge is 0.486 e. The summed E-state index contributed by atoms with van der Waals surface area (Å²) in [6.07, 6.45) is 54.3. The van der Waals surface area contributed by atoms with E-state index in [4.69, 9.17) is 4.74 Å². The number of ether oxygens (including phenoxy) is 1. The summed E-state index contributed by atoms with van der Waals surface area (Å²) in [7, 11) is 0. The van der Waals surface area contributed by atoms with Crippen molar-refractivity contribution in [3.05, 3.63) is 120 Å². The van der Waals surface area contributed by atoms with Gasteiger partial charge < -0.3 is 9.64 Å². The highest BCUT2D eigenvalue weighted by Gasteiger charge is 2.70.